The maximum absolute atomic E-state index is 10.1. The Morgan fingerprint density at radius 2 is 2.23 bits per heavy atom. The van der Waals surface area contributed by atoms with Crippen molar-refractivity contribution in [3.05, 3.63) is 35.4 Å². The molecule has 0 radical (unpaired) electrons. The van der Waals surface area contributed by atoms with Crippen molar-refractivity contribution < 1.29 is 14.6 Å². The molecule has 22 heavy (non-hydrogen) atoms. The quantitative estimate of drug-likeness (QED) is 0.808. The zero-order valence-corrected chi connectivity index (χ0v) is 13.4. The summed E-state index contributed by atoms with van der Waals surface area (Å²) in [7, 11) is 3.85. The van der Waals surface area contributed by atoms with Crippen molar-refractivity contribution in [2.75, 3.05) is 20.7 Å². The third kappa shape index (κ3) is 1.65. The number of aliphatic hydroxyl groups excluding tert-OH is 1. The second kappa shape index (κ2) is 4.49. The van der Waals surface area contributed by atoms with Crippen molar-refractivity contribution in [2.45, 2.75) is 43.4 Å². The van der Waals surface area contributed by atoms with Gasteiger partial charge in [-0.15, -0.1) is 0 Å². The Labute approximate surface area is 131 Å². The van der Waals surface area contributed by atoms with E-state index in [1.165, 1.54) is 11.1 Å². The first-order chi connectivity index (χ1) is 10.5. The molecule has 1 spiro atoms. The third-order valence-electron chi connectivity index (χ3n) is 5.67. The number of ether oxygens (including phenoxy) is 2. The van der Waals surface area contributed by atoms with E-state index in [2.05, 4.69) is 31.0 Å². The maximum atomic E-state index is 10.1. The minimum atomic E-state index is -0.444. The summed E-state index contributed by atoms with van der Waals surface area (Å²) in [5.41, 5.74) is 1.98. The number of hydrogen-bond donors (Lipinski definition) is 1. The van der Waals surface area contributed by atoms with E-state index >= 15 is 0 Å². The van der Waals surface area contributed by atoms with Gasteiger partial charge in [-0.25, -0.2) is 0 Å². The van der Waals surface area contributed by atoms with Gasteiger partial charge in [0.2, 0.25) is 0 Å². The van der Waals surface area contributed by atoms with Crippen LogP contribution >= 0.6 is 0 Å². The van der Waals surface area contributed by atoms with Crippen LogP contribution in [0.15, 0.2) is 24.3 Å². The number of methoxy groups -OCH3 is 1. The summed E-state index contributed by atoms with van der Waals surface area (Å²) in [6.07, 6.45) is 5.30. The van der Waals surface area contributed by atoms with E-state index in [9.17, 15) is 5.11 Å². The van der Waals surface area contributed by atoms with E-state index < -0.39 is 11.7 Å². The van der Waals surface area contributed by atoms with Crippen LogP contribution in [0, 0.1) is 0 Å². The van der Waals surface area contributed by atoms with Crippen LogP contribution in [-0.2, 0) is 12.0 Å². The van der Waals surface area contributed by atoms with Crippen LogP contribution in [0.3, 0.4) is 0 Å². The Kier molecular flexibility index (Phi) is 2.88. The molecule has 1 aromatic carbocycles. The topological polar surface area (TPSA) is 41.9 Å². The third-order valence-corrected chi connectivity index (χ3v) is 5.67. The summed E-state index contributed by atoms with van der Waals surface area (Å²) in [5, 5.41) is 10.1. The van der Waals surface area contributed by atoms with Gasteiger partial charge < -0.3 is 19.5 Å². The molecular formula is C18H23NO3. The number of benzene rings is 1. The molecule has 118 valence electrons. The van der Waals surface area contributed by atoms with E-state index in [0.29, 0.717) is 6.42 Å². The van der Waals surface area contributed by atoms with Gasteiger partial charge in [0, 0.05) is 18.5 Å². The molecule has 4 nitrogen and oxygen atoms in total. The molecule has 3 atom stereocenters. The molecule has 2 heterocycles. The first kappa shape index (κ1) is 14.1. The van der Waals surface area contributed by atoms with Crippen LogP contribution in [0.1, 0.15) is 30.9 Å². The SMILES string of the molecule is COc1ccc2c3c1O[C@@]1(C)C[C@@H](O)C=CC31CCN(C)C2. The Balaban J connectivity index is 2.01. The minimum absolute atomic E-state index is 0.170. The summed E-state index contributed by atoms with van der Waals surface area (Å²) >= 11 is 0. The number of nitrogens with zero attached hydrogens (tertiary/aromatic N) is 1. The van der Waals surface area contributed by atoms with Crippen LogP contribution < -0.4 is 9.47 Å². The first-order valence-corrected chi connectivity index (χ1v) is 7.94. The van der Waals surface area contributed by atoms with Crippen molar-refractivity contribution >= 4 is 0 Å². The fourth-order valence-corrected chi connectivity index (χ4v) is 4.50. The lowest BCUT2D eigenvalue weighted by Gasteiger charge is -2.44. The van der Waals surface area contributed by atoms with Crippen molar-refractivity contribution in [1.82, 2.24) is 4.90 Å². The molecule has 1 unspecified atom stereocenters. The summed E-state index contributed by atoms with van der Waals surface area (Å²) in [6, 6.07) is 4.16. The smallest absolute Gasteiger partial charge is 0.166 e. The van der Waals surface area contributed by atoms with Crippen molar-refractivity contribution in [1.29, 1.82) is 0 Å². The molecule has 0 saturated carbocycles. The molecule has 0 saturated heterocycles. The largest absolute Gasteiger partial charge is 0.493 e. The lowest BCUT2D eigenvalue weighted by molar-refractivity contribution is -0.00138. The molecule has 1 aromatic rings. The summed E-state index contributed by atoms with van der Waals surface area (Å²) < 4.78 is 12.0. The molecule has 4 rings (SSSR count). The molecule has 4 heteroatoms. The van der Waals surface area contributed by atoms with Gasteiger partial charge in [0.15, 0.2) is 11.5 Å². The highest BCUT2D eigenvalue weighted by Gasteiger charge is 2.60. The standard InChI is InChI=1S/C18H23NO3/c1-17-10-13(20)6-7-18(17)8-9-19(2)11-12-4-5-14(21-3)16(22-17)15(12)18/h4-7,13,20H,8-11H2,1-3H3/t13-,17-,18?/m0/s1. The summed E-state index contributed by atoms with van der Waals surface area (Å²) in [5.74, 6) is 1.66. The predicted octanol–water partition coefficient (Wildman–Crippen LogP) is 2.24. The molecule has 1 aliphatic carbocycles. The number of aliphatic hydroxyl groups is 1. The van der Waals surface area contributed by atoms with E-state index in [1.54, 1.807) is 7.11 Å². The fraction of sp³-hybridized carbons (Fsp3) is 0.556. The lowest BCUT2D eigenvalue weighted by atomic mass is 9.62. The number of hydrogen-bond acceptors (Lipinski definition) is 4. The van der Waals surface area contributed by atoms with Gasteiger partial charge in [-0.2, -0.15) is 0 Å². The minimum Gasteiger partial charge on any atom is -0.493 e. The molecule has 0 amide bonds. The Hall–Kier alpha value is -1.52. The van der Waals surface area contributed by atoms with Crippen LogP contribution in [0.5, 0.6) is 11.5 Å². The Bertz CT molecular complexity index is 656. The van der Waals surface area contributed by atoms with Gasteiger partial charge in [-0.3, -0.25) is 0 Å². The highest BCUT2D eigenvalue weighted by atomic mass is 16.5. The van der Waals surface area contributed by atoms with Gasteiger partial charge >= 0.3 is 0 Å². The van der Waals surface area contributed by atoms with Gasteiger partial charge in [0.05, 0.1) is 18.6 Å². The summed E-state index contributed by atoms with van der Waals surface area (Å²) in [6.45, 7) is 4.06. The molecule has 0 aromatic heterocycles. The van der Waals surface area contributed by atoms with Gasteiger partial charge in [0.1, 0.15) is 5.60 Å². The molecule has 2 aliphatic heterocycles. The van der Waals surface area contributed by atoms with E-state index in [1.807, 2.05) is 12.1 Å². The average Bonchev–Trinajstić information content (AvgIpc) is 2.64. The second-order valence-corrected chi connectivity index (χ2v) is 7.05. The van der Waals surface area contributed by atoms with Crippen LogP contribution in [-0.4, -0.2) is 42.4 Å². The van der Waals surface area contributed by atoms with Gasteiger partial charge in [-0.05, 0) is 38.6 Å². The predicted molar refractivity (Wildman–Crippen MR) is 84.4 cm³/mol. The van der Waals surface area contributed by atoms with E-state index in [0.717, 1.165) is 31.0 Å². The lowest BCUT2D eigenvalue weighted by Crippen LogP contribution is -2.52. The van der Waals surface area contributed by atoms with Crippen molar-refractivity contribution in [3.63, 3.8) is 0 Å². The molecule has 0 bridgehead atoms. The average molecular weight is 301 g/mol. The van der Waals surface area contributed by atoms with E-state index in [-0.39, 0.29) is 5.41 Å². The van der Waals surface area contributed by atoms with Crippen molar-refractivity contribution in [2.24, 2.45) is 0 Å². The highest BCUT2D eigenvalue weighted by Crippen LogP contribution is 2.60. The molecule has 1 N–H and O–H groups in total. The van der Waals surface area contributed by atoms with Crippen LogP contribution in [0.4, 0.5) is 0 Å². The van der Waals surface area contributed by atoms with Gasteiger partial charge in [-0.1, -0.05) is 18.2 Å². The molecular weight excluding hydrogens is 278 g/mol. The normalized spacial score (nSPS) is 36.3. The zero-order chi connectivity index (χ0) is 15.5. The Morgan fingerprint density at radius 3 is 3.00 bits per heavy atom. The number of rotatable bonds is 1. The zero-order valence-electron chi connectivity index (χ0n) is 13.4. The van der Waals surface area contributed by atoms with Crippen molar-refractivity contribution in [3.8, 4) is 11.5 Å². The molecule has 0 fully saturated rings. The second-order valence-electron chi connectivity index (χ2n) is 7.05. The van der Waals surface area contributed by atoms with Crippen LogP contribution in [0.2, 0.25) is 0 Å². The fourth-order valence-electron chi connectivity index (χ4n) is 4.50. The highest BCUT2D eigenvalue weighted by molar-refractivity contribution is 5.62. The summed E-state index contributed by atoms with van der Waals surface area (Å²) in [4.78, 5) is 2.36. The first-order valence-electron chi connectivity index (χ1n) is 7.94. The van der Waals surface area contributed by atoms with E-state index in [4.69, 9.17) is 9.47 Å². The maximum Gasteiger partial charge on any atom is 0.166 e. The van der Waals surface area contributed by atoms with Crippen LogP contribution in [0.25, 0.3) is 0 Å². The Morgan fingerprint density at radius 1 is 1.41 bits per heavy atom. The van der Waals surface area contributed by atoms with Gasteiger partial charge in [0.25, 0.3) is 0 Å². The monoisotopic (exact) mass is 301 g/mol. The molecule has 3 aliphatic rings.